The zero-order valence-electron chi connectivity index (χ0n) is 16.4. The average Bonchev–Trinajstić information content (AvgIpc) is 3.52. The van der Waals surface area contributed by atoms with E-state index in [1.807, 2.05) is 0 Å². The Hall–Kier alpha value is -3.30. The molecule has 1 atom stereocenters. The van der Waals surface area contributed by atoms with E-state index in [-0.39, 0.29) is 5.92 Å². The van der Waals surface area contributed by atoms with Gasteiger partial charge in [-0.15, -0.1) is 0 Å². The molecule has 10 heteroatoms. The van der Waals surface area contributed by atoms with Gasteiger partial charge in [-0.25, -0.2) is 4.79 Å². The standard InChI is InChI=1S/C19H23N3O7/c1-19(11-4-5-11)17(25)22(18(26)21-19)9-16(24)29-10-15(23)20-13-8-12(27-2)6-7-14(13)28-3/h6-8,11H,4-5,9-10H2,1-3H3,(H,20,23)(H,21,26)/t19-/m1/s1. The molecule has 1 aromatic carbocycles. The molecular weight excluding hydrogens is 382 g/mol. The highest BCUT2D eigenvalue weighted by atomic mass is 16.5. The monoisotopic (exact) mass is 405 g/mol. The van der Waals surface area contributed by atoms with Crippen LogP contribution in [0, 0.1) is 5.92 Å². The smallest absolute Gasteiger partial charge is 0.326 e. The molecule has 0 spiro atoms. The maximum absolute atomic E-state index is 12.5. The largest absolute Gasteiger partial charge is 0.497 e. The summed E-state index contributed by atoms with van der Waals surface area (Å²) in [4.78, 5) is 49.5. The minimum atomic E-state index is -0.975. The summed E-state index contributed by atoms with van der Waals surface area (Å²) in [5.41, 5.74) is -0.625. The Labute approximate surface area is 167 Å². The number of hydrogen-bond donors (Lipinski definition) is 2. The van der Waals surface area contributed by atoms with Gasteiger partial charge in [-0.2, -0.15) is 0 Å². The van der Waals surface area contributed by atoms with Crippen molar-refractivity contribution in [3.8, 4) is 11.5 Å². The van der Waals surface area contributed by atoms with Crippen LogP contribution < -0.4 is 20.1 Å². The second kappa shape index (κ2) is 7.98. The van der Waals surface area contributed by atoms with Crippen LogP contribution in [0.1, 0.15) is 19.8 Å². The Bertz CT molecular complexity index is 852. The number of benzene rings is 1. The summed E-state index contributed by atoms with van der Waals surface area (Å²) in [6, 6.07) is 4.22. The second-order valence-electron chi connectivity index (χ2n) is 7.07. The second-order valence-corrected chi connectivity index (χ2v) is 7.07. The number of rotatable bonds is 8. The summed E-state index contributed by atoms with van der Waals surface area (Å²) >= 11 is 0. The predicted molar refractivity (Wildman–Crippen MR) is 101 cm³/mol. The number of esters is 1. The van der Waals surface area contributed by atoms with Crippen molar-refractivity contribution in [1.29, 1.82) is 0 Å². The van der Waals surface area contributed by atoms with E-state index in [1.165, 1.54) is 14.2 Å². The number of carbonyl (C=O) groups is 4. The van der Waals surface area contributed by atoms with E-state index in [4.69, 9.17) is 14.2 Å². The van der Waals surface area contributed by atoms with Gasteiger partial charge in [0.1, 0.15) is 23.6 Å². The third kappa shape index (κ3) is 4.25. The van der Waals surface area contributed by atoms with Gasteiger partial charge in [0.2, 0.25) is 0 Å². The molecule has 29 heavy (non-hydrogen) atoms. The molecule has 1 saturated carbocycles. The van der Waals surface area contributed by atoms with E-state index in [0.29, 0.717) is 17.2 Å². The van der Waals surface area contributed by atoms with Crippen molar-refractivity contribution in [2.24, 2.45) is 5.92 Å². The van der Waals surface area contributed by atoms with Crippen LogP contribution in [0.5, 0.6) is 11.5 Å². The molecule has 3 rings (SSSR count). The molecule has 2 aliphatic rings. The van der Waals surface area contributed by atoms with Crippen molar-refractivity contribution in [2.45, 2.75) is 25.3 Å². The lowest BCUT2D eigenvalue weighted by molar-refractivity contribution is -0.150. The summed E-state index contributed by atoms with van der Waals surface area (Å²) in [5.74, 6) is -0.915. The Morgan fingerprint density at radius 3 is 2.59 bits per heavy atom. The number of urea groups is 1. The number of anilines is 1. The highest BCUT2D eigenvalue weighted by Gasteiger charge is 2.56. The maximum atomic E-state index is 12.5. The quantitative estimate of drug-likeness (QED) is 0.487. The molecule has 10 nitrogen and oxygen atoms in total. The van der Waals surface area contributed by atoms with Crippen molar-refractivity contribution in [3.63, 3.8) is 0 Å². The van der Waals surface area contributed by atoms with Gasteiger partial charge in [0.05, 0.1) is 19.9 Å². The molecule has 0 radical (unpaired) electrons. The molecule has 2 N–H and O–H groups in total. The van der Waals surface area contributed by atoms with Crippen LogP contribution in [0.15, 0.2) is 18.2 Å². The van der Waals surface area contributed by atoms with Gasteiger partial charge in [0, 0.05) is 6.07 Å². The first kappa shape index (κ1) is 20.4. The van der Waals surface area contributed by atoms with Crippen molar-refractivity contribution in [1.82, 2.24) is 10.2 Å². The van der Waals surface area contributed by atoms with Crippen LogP contribution in [-0.2, 0) is 19.1 Å². The molecule has 0 unspecified atom stereocenters. The Morgan fingerprint density at radius 1 is 1.24 bits per heavy atom. The average molecular weight is 405 g/mol. The van der Waals surface area contributed by atoms with Gasteiger partial charge in [-0.05, 0) is 37.8 Å². The molecule has 156 valence electrons. The molecule has 4 amide bonds. The fraction of sp³-hybridized carbons (Fsp3) is 0.474. The number of ether oxygens (including phenoxy) is 3. The Morgan fingerprint density at radius 2 is 1.97 bits per heavy atom. The van der Waals surface area contributed by atoms with Crippen LogP contribution in [0.3, 0.4) is 0 Å². The van der Waals surface area contributed by atoms with Gasteiger partial charge in [-0.3, -0.25) is 19.3 Å². The SMILES string of the molecule is COc1ccc(OC)c(NC(=O)COC(=O)CN2C(=O)N[C@](C)(C3CC3)C2=O)c1. The number of methoxy groups -OCH3 is 2. The molecule has 1 heterocycles. The molecule has 0 bridgehead atoms. The summed E-state index contributed by atoms with van der Waals surface area (Å²) in [7, 11) is 2.93. The van der Waals surface area contributed by atoms with Gasteiger partial charge < -0.3 is 24.8 Å². The molecule has 1 saturated heterocycles. The number of nitrogens with one attached hydrogen (secondary N) is 2. The first-order chi connectivity index (χ1) is 13.8. The van der Waals surface area contributed by atoms with E-state index in [0.717, 1.165) is 17.7 Å². The number of imide groups is 1. The molecule has 1 aromatic rings. The number of nitrogens with zero attached hydrogens (tertiary/aromatic N) is 1. The number of carbonyl (C=O) groups excluding carboxylic acids is 4. The molecular formula is C19H23N3O7. The lowest BCUT2D eigenvalue weighted by atomic mass is 9.96. The third-order valence-electron chi connectivity index (χ3n) is 5.03. The van der Waals surface area contributed by atoms with Crippen molar-refractivity contribution in [3.05, 3.63) is 18.2 Å². The molecule has 1 aliphatic carbocycles. The van der Waals surface area contributed by atoms with Crippen molar-refractivity contribution < 1.29 is 33.4 Å². The highest BCUT2D eigenvalue weighted by molar-refractivity contribution is 6.09. The Balaban J connectivity index is 1.53. The number of amides is 4. The van der Waals surface area contributed by atoms with Crippen molar-refractivity contribution >= 4 is 29.5 Å². The number of hydrogen-bond acceptors (Lipinski definition) is 7. The van der Waals surface area contributed by atoms with E-state index in [1.54, 1.807) is 25.1 Å². The summed E-state index contributed by atoms with van der Waals surface area (Å²) in [5, 5.41) is 5.20. The summed E-state index contributed by atoms with van der Waals surface area (Å²) in [6.07, 6.45) is 1.71. The molecule has 1 aliphatic heterocycles. The minimum Gasteiger partial charge on any atom is -0.497 e. The lowest BCUT2D eigenvalue weighted by Gasteiger charge is -2.20. The normalized spacial score (nSPS) is 20.9. The first-order valence-electron chi connectivity index (χ1n) is 9.10. The van der Waals surface area contributed by atoms with E-state index >= 15 is 0 Å². The molecule has 2 fully saturated rings. The zero-order valence-corrected chi connectivity index (χ0v) is 16.4. The van der Waals surface area contributed by atoms with Gasteiger partial charge in [0.25, 0.3) is 11.8 Å². The highest BCUT2D eigenvalue weighted by Crippen LogP contribution is 2.42. The van der Waals surface area contributed by atoms with Crippen LogP contribution in [-0.4, -0.2) is 61.6 Å². The van der Waals surface area contributed by atoms with Gasteiger partial charge in [0.15, 0.2) is 6.61 Å². The van der Waals surface area contributed by atoms with E-state index < -0.39 is 42.5 Å². The molecule has 0 aromatic heterocycles. The fourth-order valence-electron chi connectivity index (χ4n) is 3.22. The van der Waals surface area contributed by atoms with Gasteiger partial charge in [-0.1, -0.05) is 0 Å². The van der Waals surface area contributed by atoms with Crippen LogP contribution >= 0.6 is 0 Å². The van der Waals surface area contributed by atoms with E-state index in [2.05, 4.69) is 10.6 Å². The first-order valence-corrected chi connectivity index (χ1v) is 9.10. The van der Waals surface area contributed by atoms with Crippen LogP contribution in [0.2, 0.25) is 0 Å². The zero-order chi connectivity index (χ0) is 21.2. The maximum Gasteiger partial charge on any atom is 0.326 e. The van der Waals surface area contributed by atoms with Gasteiger partial charge >= 0.3 is 12.0 Å². The summed E-state index contributed by atoms with van der Waals surface area (Å²) in [6.45, 7) is 0.524. The topological polar surface area (TPSA) is 123 Å². The Kier molecular flexibility index (Phi) is 5.62. The fourth-order valence-corrected chi connectivity index (χ4v) is 3.22. The minimum absolute atomic E-state index is 0.0867. The lowest BCUT2D eigenvalue weighted by Crippen LogP contribution is -2.46. The van der Waals surface area contributed by atoms with Crippen LogP contribution in [0.25, 0.3) is 0 Å². The van der Waals surface area contributed by atoms with E-state index in [9.17, 15) is 19.2 Å². The van der Waals surface area contributed by atoms with Crippen LogP contribution in [0.4, 0.5) is 10.5 Å². The van der Waals surface area contributed by atoms with Crippen molar-refractivity contribution in [2.75, 3.05) is 32.7 Å². The summed E-state index contributed by atoms with van der Waals surface area (Å²) < 4.78 is 15.2. The third-order valence-corrected chi connectivity index (χ3v) is 5.03. The predicted octanol–water partition coefficient (Wildman–Crippen LogP) is 0.906.